The highest BCUT2D eigenvalue weighted by Gasteiger charge is 2.35. The summed E-state index contributed by atoms with van der Waals surface area (Å²) in [5.74, 6) is -1.56. The molecule has 6 nitrogen and oxygen atoms in total. The summed E-state index contributed by atoms with van der Waals surface area (Å²) in [5, 5.41) is 9.39. The standard InChI is InChI=1S/C28H31F6N3O3/c29-27(30,31)22-6-4-19(5-7-22)26(40)37-11-9-20(16-25(38)39)21(18-37)8-10-35-12-14-36(15-13-35)24-3-1-2-23(17-24)28(32,33)34/h1-7,17,20-21H,8-16,18H2,(H,38,39)/t20-,21-/m0/s1. The van der Waals surface area contributed by atoms with Gasteiger partial charge in [0.25, 0.3) is 5.91 Å². The van der Waals surface area contributed by atoms with E-state index >= 15 is 0 Å². The van der Waals surface area contributed by atoms with Gasteiger partial charge >= 0.3 is 18.3 Å². The molecule has 2 aromatic carbocycles. The third-order valence-corrected chi connectivity index (χ3v) is 7.80. The Bertz CT molecular complexity index is 1180. The van der Waals surface area contributed by atoms with E-state index in [0.29, 0.717) is 64.3 Å². The number of hydrogen-bond acceptors (Lipinski definition) is 4. The highest BCUT2D eigenvalue weighted by atomic mass is 19.4. The van der Waals surface area contributed by atoms with Crippen molar-refractivity contribution in [3.8, 4) is 0 Å². The fraction of sp³-hybridized carbons (Fsp3) is 0.500. The maximum Gasteiger partial charge on any atom is 0.416 e. The number of aliphatic carboxylic acids is 1. The van der Waals surface area contributed by atoms with Crippen LogP contribution in [0.2, 0.25) is 0 Å². The zero-order chi connectivity index (χ0) is 29.1. The molecule has 0 aromatic heterocycles. The zero-order valence-corrected chi connectivity index (χ0v) is 21.7. The molecule has 0 unspecified atom stereocenters. The average molecular weight is 572 g/mol. The summed E-state index contributed by atoms with van der Waals surface area (Å²) in [7, 11) is 0. The molecule has 1 amide bonds. The number of anilines is 1. The first-order valence-electron chi connectivity index (χ1n) is 13.1. The summed E-state index contributed by atoms with van der Waals surface area (Å²) in [4.78, 5) is 30.2. The normalized spacial score (nSPS) is 20.9. The van der Waals surface area contributed by atoms with Gasteiger partial charge < -0.3 is 14.9 Å². The molecular formula is C28H31F6N3O3. The summed E-state index contributed by atoms with van der Waals surface area (Å²) >= 11 is 0. The topological polar surface area (TPSA) is 64.1 Å². The first kappa shape index (κ1) is 29.7. The largest absolute Gasteiger partial charge is 0.481 e. The second-order valence-electron chi connectivity index (χ2n) is 10.4. The van der Waals surface area contributed by atoms with Gasteiger partial charge in [0, 0.05) is 56.9 Å². The lowest BCUT2D eigenvalue weighted by molar-refractivity contribution is -0.139. The first-order chi connectivity index (χ1) is 18.8. The highest BCUT2D eigenvalue weighted by Crippen LogP contribution is 2.33. The number of hydrogen-bond donors (Lipinski definition) is 1. The van der Waals surface area contributed by atoms with Gasteiger partial charge in [-0.3, -0.25) is 14.5 Å². The van der Waals surface area contributed by atoms with Crippen molar-refractivity contribution >= 4 is 17.6 Å². The van der Waals surface area contributed by atoms with E-state index in [0.717, 1.165) is 36.4 Å². The summed E-state index contributed by atoms with van der Waals surface area (Å²) in [6.45, 7) is 3.61. The quantitative estimate of drug-likeness (QED) is 0.446. The SMILES string of the molecule is O=C(O)C[C@@H]1CCN(C(=O)c2ccc(C(F)(F)F)cc2)C[C@@H]1CCN1CCN(c2cccc(C(F)(F)F)c2)CC1. The molecule has 2 aliphatic heterocycles. The average Bonchev–Trinajstić information content (AvgIpc) is 2.91. The van der Waals surface area contributed by atoms with Gasteiger partial charge in [-0.1, -0.05) is 6.07 Å². The van der Waals surface area contributed by atoms with Crippen LogP contribution in [0.1, 0.15) is 40.7 Å². The molecule has 0 aliphatic carbocycles. The van der Waals surface area contributed by atoms with Crippen molar-refractivity contribution in [2.24, 2.45) is 11.8 Å². The molecule has 0 bridgehead atoms. The van der Waals surface area contributed by atoms with E-state index in [1.54, 1.807) is 11.0 Å². The molecule has 40 heavy (non-hydrogen) atoms. The molecule has 12 heteroatoms. The molecule has 2 fully saturated rings. The summed E-state index contributed by atoms with van der Waals surface area (Å²) in [5.41, 5.74) is -0.866. The Balaban J connectivity index is 1.34. The van der Waals surface area contributed by atoms with E-state index in [4.69, 9.17) is 0 Å². The Kier molecular flexibility index (Phi) is 8.96. The van der Waals surface area contributed by atoms with Crippen molar-refractivity contribution in [2.75, 3.05) is 50.7 Å². The fourth-order valence-electron chi connectivity index (χ4n) is 5.53. The smallest absolute Gasteiger partial charge is 0.416 e. The second-order valence-corrected chi connectivity index (χ2v) is 10.4. The van der Waals surface area contributed by atoms with Crippen molar-refractivity contribution in [1.82, 2.24) is 9.80 Å². The lowest BCUT2D eigenvalue weighted by Crippen LogP contribution is -2.48. The molecule has 2 heterocycles. The van der Waals surface area contributed by atoms with Gasteiger partial charge in [0.05, 0.1) is 11.1 Å². The van der Waals surface area contributed by atoms with Crippen molar-refractivity contribution in [2.45, 2.75) is 31.6 Å². The summed E-state index contributed by atoms with van der Waals surface area (Å²) in [6.07, 6.45) is -7.84. The van der Waals surface area contributed by atoms with Gasteiger partial charge in [-0.15, -0.1) is 0 Å². The van der Waals surface area contributed by atoms with Crippen LogP contribution in [-0.2, 0) is 17.1 Å². The molecule has 218 valence electrons. The number of carboxylic acids is 1. The molecule has 1 N–H and O–H groups in total. The zero-order valence-electron chi connectivity index (χ0n) is 21.7. The van der Waals surface area contributed by atoms with E-state index < -0.39 is 29.4 Å². The van der Waals surface area contributed by atoms with Gasteiger partial charge in [0.15, 0.2) is 0 Å². The molecule has 4 rings (SSSR count). The minimum atomic E-state index is -4.50. The number of piperazine rings is 1. The van der Waals surface area contributed by atoms with E-state index in [9.17, 15) is 41.0 Å². The first-order valence-corrected chi connectivity index (χ1v) is 13.1. The molecule has 0 radical (unpaired) electrons. The highest BCUT2D eigenvalue weighted by molar-refractivity contribution is 5.94. The maximum absolute atomic E-state index is 13.1. The molecule has 2 saturated heterocycles. The van der Waals surface area contributed by atoms with Crippen LogP contribution in [0, 0.1) is 11.8 Å². The van der Waals surface area contributed by atoms with Crippen molar-refractivity contribution < 1.29 is 41.0 Å². The number of carbonyl (C=O) groups is 2. The molecule has 0 saturated carbocycles. The lowest BCUT2D eigenvalue weighted by Gasteiger charge is -2.40. The predicted octanol–water partition coefficient (Wildman–Crippen LogP) is 5.49. The number of halogens is 6. The molecule has 2 aromatic rings. The molecule has 2 atom stereocenters. The van der Waals surface area contributed by atoms with Crippen LogP contribution >= 0.6 is 0 Å². The molecule has 0 spiro atoms. The molecular weight excluding hydrogens is 540 g/mol. The van der Waals surface area contributed by atoms with Crippen LogP contribution < -0.4 is 4.90 Å². The Labute approximate surface area is 228 Å². The number of nitrogens with zero attached hydrogens (tertiary/aromatic N) is 3. The maximum atomic E-state index is 13.1. The van der Waals surface area contributed by atoms with Gasteiger partial charge in [0.1, 0.15) is 0 Å². The Hall–Kier alpha value is -3.28. The van der Waals surface area contributed by atoms with Crippen molar-refractivity contribution in [1.29, 1.82) is 0 Å². The number of alkyl halides is 6. The van der Waals surface area contributed by atoms with Gasteiger partial charge in [-0.05, 0) is 73.7 Å². The Morgan fingerprint density at radius 1 is 0.825 bits per heavy atom. The van der Waals surface area contributed by atoms with Crippen molar-refractivity contribution in [3.05, 3.63) is 65.2 Å². The van der Waals surface area contributed by atoms with E-state index in [2.05, 4.69) is 4.90 Å². The van der Waals surface area contributed by atoms with Crippen LogP contribution in [0.3, 0.4) is 0 Å². The van der Waals surface area contributed by atoms with E-state index in [1.807, 2.05) is 4.90 Å². The number of carbonyl (C=O) groups excluding carboxylic acids is 1. The van der Waals surface area contributed by atoms with Crippen LogP contribution in [0.15, 0.2) is 48.5 Å². The molecule has 2 aliphatic rings. The van der Waals surface area contributed by atoms with Crippen LogP contribution in [-0.4, -0.2) is 72.6 Å². The minimum Gasteiger partial charge on any atom is -0.481 e. The summed E-state index contributed by atoms with van der Waals surface area (Å²) in [6, 6.07) is 9.32. The van der Waals surface area contributed by atoms with Crippen LogP contribution in [0.25, 0.3) is 0 Å². The lowest BCUT2D eigenvalue weighted by atomic mass is 9.81. The minimum absolute atomic E-state index is 0.0314. The van der Waals surface area contributed by atoms with E-state index in [1.165, 1.54) is 6.07 Å². The van der Waals surface area contributed by atoms with Crippen LogP contribution in [0.5, 0.6) is 0 Å². The monoisotopic (exact) mass is 571 g/mol. The number of carboxylic acid groups (broad SMARTS) is 1. The van der Waals surface area contributed by atoms with Gasteiger partial charge in [0.2, 0.25) is 0 Å². The Morgan fingerprint density at radius 2 is 1.48 bits per heavy atom. The number of amides is 1. The predicted molar refractivity (Wildman–Crippen MR) is 136 cm³/mol. The van der Waals surface area contributed by atoms with Crippen LogP contribution in [0.4, 0.5) is 32.0 Å². The number of likely N-dealkylation sites (tertiary alicyclic amines) is 1. The summed E-state index contributed by atoms with van der Waals surface area (Å²) < 4.78 is 77.9. The fourth-order valence-corrected chi connectivity index (χ4v) is 5.53. The third-order valence-electron chi connectivity index (χ3n) is 7.80. The van der Waals surface area contributed by atoms with Crippen molar-refractivity contribution in [3.63, 3.8) is 0 Å². The Morgan fingerprint density at radius 3 is 2.08 bits per heavy atom. The van der Waals surface area contributed by atoms with Gasteiger partial charge in [-0.2, -0.15) is 26.3 Å². The van der Waals surface area contributed by atoms with E-state index in [-0.39, 0.29) is 29.7 Å². The second kappa shape index (κ2) is 12.1. The number of benzene rings is 2. The van der Waals surface area contributed by atoms with Gasteiger partial charge in [-0.25, -0.2) is 0 Å². The number of rotatable bonds is 7. The number of piperidine rings is 1. The third kappa shape index (κ3) is 7.47.